The molecule has 2 heteroatoms. The van der Waals surface area contributed by atoms with Gasteiger partial charge in [-0.05, 0) is 54.5 Å². The SMILES string of the molecule is CN(CC(Cl)c1ccc2c(c1)CCCC2)c1ccccc1. The lowest BCUT2D eigenvalue weighted by molar-refractivity contribution is 0.683. The number of hydrogen-bond donors (Lipinski definition) is 0. The van der Waals surface area contributed by atoms with E-state index in [2.05, 4.69) is 54.4 Å². The van der Waals surface area contributed by atoms with Crippen LogP contribution >= 0.6 is 11.6 Å². The first-order valence-corrected chi connectivity index (χ1v) is 8.19. The van der Waals surface area contributed by atoms with Gasteiger partial charge in [-0.15, -0.1) is 11.6 Å². The fraction of sp³-hybridized carbons (Fsp3) is 0.368. The number of aryl methyl sites for hydroxylation is 2. The Bertz CT molecular complexity index is 594. The molecule has 0 aromatic heterocycles. The van der Waals surface area contributed by atoms with Crippen LogP contribution in [0.4, 0.5) is 5.69 Å². The zero-order valence-corrected chi connectivity index (χ0v) is 13.3. The van der Waals surface area contributed by atoms with Gasteiger partial charge < -0.3 is 4.90 Å². The van der Waals surface area contributed by atoms with Crippen molar-refractivity contribution in [3.05, 3.63) is 65.2 Å². The summed E-state index contributed by atoms with van der Waals surface area (Å²) in [5.41, 5.74) is 5.48. The quantitative estimate of drug-likeness (QED) is 0.720. The molecule has 110 valence electrons. The van der Waals surface area contributed by atoms with Gasteiger partial charge in [0.1, 0.15) is 0 Å². The molecule has 1 atom stereocenters. The Balaban J connectivity index is 1.72. The van der Waals surface area contributed by atoms with Gasteiger partial charge in [-0.25, -0.2) is 0 Å². The predicted octanol–water partition coefficient (Wildman–Crippen LogP) is 4.98. The third kappa shape index (κ3) is 3.41. The second-order valence-corrected chi connectivity index (χ2v) is 6.45. The van der Waals surface area contributed by atoms with Gasteiger partial charge in [0.25, 0.3) is 0 Å². The molecule has 0 heterocycles. The van der Waals surface area contributed by atoms with Crippen LogP contribution in [0.5, 0.6) is 0 Å². The van der Waals surface area contributed by atoms with Gasteiger partial charge >= 0.3 is 0 Å². The largest absolute Gasteiger partial charge is 0.373 e. The van der Waals surface area contributed by atoms with Crippen molar-refractivity contribution in [3.8, 4) is 0 Å². The monoisotopic (exact) mass is 299 g/mol. The molecule has 0 spiro atoms. The highest BCUT2D eigenvalue weighted by Gasteiger charge is 2.15. The number of likely N-dealkylation sites (N-methyl/N-ethyl adjacent to an activating group) is 1. The van der Waals surface area contributed by atoms with E-state index in [9.17, 15) is 0 Å². The Kier molecular flexibility index (Phi) is 4.50. The topological polar surface area (TPSA) is 3.24 Å². The summed E-state index contributed by atoms with van der Waals surface area (Å²) in [6.07, 6.45) is 5.08. The fourth-order valence-corrected chi connectivity index (χ4v) is 3.42. The smallest absolute Gasteiger partial charge is 0.0760 e. The minimum absolute atomic E-state index is 0.0300. The second-order valence-electron chi connectivity index (χ2n) is 5.92. The van der Waals surface area contributed by atoms with Crippen LogP contribution in [0, 0.1) is 0 Å². The van der Waals surface area contributed by atoms with Crippen LogP contribution in [0.25, 0.3) is 0 Å². The van der Waals surface area contributed by atoms with Crippen molar-refractivity contribution >= 4 is 17.3 Å². The number of halogens is 1. The summed E-state index contributed by atoms with van der Waals surface area (Å²) in [5.74, 6) is 0. The number of benzene rings is 2. The van der Waals surface area contributed by atoms with E-state index < -0.39 is 0 Å². The maximum Gasteiger partial charge on any atom is 0.0760 e. The number of rotatable bonds is 4. The summed E-state index contributed by atoms with van der Waals surface area (Å²) < 4.78 is 0. The molecule has 0 fully saturated rings. The number of para-hydroxylation sites is 1. The maximum absolute atomic E-state index is 6.65. The van der Waals surface area contributed by atoms with Crippen molar-refractivity contribution in [1.29, 1.82) is 0 Å². The van der Waals surface area contributed by atoms with Crippen LogP contribution in [0.1, 0.15) is 34.9 Å². The highest BCUT2D eigenvalue weighted by Crippen LogP contribution is 2.28. The average Bonchev–Trinajstić information content (AvgIpc) is 2.55. The lowest BCUT2D eigenvalue weighted by atomic mass is 9.90. The van der Waals surface area contributed by atoms with Crippen LogP contribution in [0.3, 0.4) is 0 Å². The summed E-state index contributed by atoms with van der Waals surface area (Å²) in [6, 6.07) is 17.2. The van der Waals surface area contributed by atoms with E-state index in [1.807, 2.05) is 6.07 Å². The number of nitrogens with zero attached hydrogens (tertiary/aromatic N) is 1. The highest BCUT2D eigenvalue weighted by atomic mass is 35.5. The molecule has 0 saturated heterocycles. The molecular formula is C19H22ClN. The predicted molar refractivity (Wildman–Crippen MR) is 91.4 cm³/mol. The van der Waals surface area contributed by atoms with Crippen LogP contribution < -0.4 is 4.90 Å². The van der Waals surface area contributed by atoms with Crippen molar-refractivity contribution in [2.45, 2.75) is 31.1 Å². The molecular weight excluding hydrogens is 278 g/mol. The molecule has 0 saturated carbocycles. The van der Waals surface area contributed by atoms with Gasteiger partial charge in [0.05, 0.1) is 5.38 Å². The summed E-state index contributed by atoms with van der Waals surface area (Å²) in [5, 5.41) is 0.0300. The third-order valence-corrected chi connectivity index (χ3v) is 4.76. The van der Waals surface area contributed by atoms with Crippen LogP contribution in [-0.2, 0) is 12.8 Å². The molecule has 1 unspecified atom stereocenters. The van der Waals surface area contributed by atoms with Gasteiger partial charge in [0.15, 0.2) is 0 Å². The van der Waals surface area contributed by atoms with E-state index in [1.165, 1.54) is 48.1 Å². The number of hydrogen-bond acceptors (Lipinski definition) is 1. The lowest BCUT2D eigenvalue weighted by Gasteiger charge is -2.24. The molecule has 21 heavy (non-hydrogen) atoms. The third-order valence-electron chi connectivity index (χ3n) is 4.37. The van der Waals surface area contributed by atoms with Gasteiger partial charge in [-0.1, -0.05) is 36.4 Å². The fourth-order valence-electron chi connectivity index (χ4n) is 3.08. The molecule has 0 amide bonds. The van der Waals surface area contributed by atoms with Crippen molar-refractivity contribution < 1.29 is 0 Å². The minimum atomic E-state index is 0.0300. The Morgan fingerprint density at radius 2 is 1.71 bits per heavy atom. The second kappa shape index (κ2) is 6.53. The zero-order valence-electron chi connectivity index (χ0n) is 12.6. The molecule has 3 rings (SSSR count). The van der Waals surface area contributed by atoms with Crippen molar-refractivity contribution in [2.24, 2.45) is 0 Å². The molecule has 2 aromatic carbocycles. The van der Waals surface area contributed by atoms with E-state index >= 15 is 0 Å². The van der Waals surface area contributed by atoms with E-state index in [4.69, 9.17) is 11.6 Å². The van der Waals surface area contributed by atoms with Crippen LogP contribution in [0.15, 0.2) is 48.5 Å². The van der Waals surface area contributed by atoms with Gasteiger partial charge in [0.2, 0.25) is 0 Å². The zero-order chi connectivity index (χ0) is 14.7. The molecule has 1 aliphatic carbocycles. The Hall–Kier alpha value is -1.47. The molecule has 2 aromatic rings. The molecule has 0 radical (unpaired) electrons. The van der Waals surface area contributed by atoms with Crippen molar-refractivity contribution in [3.63, 3.8) is 0 Å². The van der Waals surface area contributed by atoms with E-state index in [-0.39, 0.29) is 5.38 Å². The van der Waals surface area contributed by atoms with Crippen molar-refractivity contribution in [2.75, 3.05) is 18.5 Å². The van der Waals surface area contributed by atoms with Crippen LogP contribution in [0.2, 0.25) is 0 Å². The number of alkyl halides is 1. The summed E-state index contributed by atoms with van der Waals surface area (Å²) in [7, 11) is 2.10. The van der Waals surface area contributed by atoms with E-state index in [1.54, 1.807) is 0 Å². The minimum Gasteiger partial charge on any atom is -0.373 e. The lowest BCUT2D eigenvalue weighted by Crippen LogP contribution is -2.22. The maximum atomic E-state index is 6.65. The van der Waals surface area contributed by atoms with E-state index in [0.29, 0.717) is 0 Å². The van der Waals surface area contributed by atoms with E-state index in [0.717, 1.165) is 6.54 Å². The standard InChI is InChI=1S/C19H22ClN/c1-21(18-9-3-2-4-10-18)14-19(20)17-12-11-15-7-5-6-8-16(15)13-17/h2-4,9-13,19H,5-8,14H2,1H3. The van der Waals surface area contributed by atoms with Gasteiger partial charge in [0, 0.05) is 19.3 Å². The Morgan fingerprint density at radius 1 is 1.00 bits per heavy atom. The van der Waals surface area contributed by atoms with Crippen molar-refractivity contribution in [1.82, 2.24) is 0 Å². The van der Waals surface area contributed by atoms with Crippen LogP contribution in [-0.4, -0.2) is 13.6 Å². The Morgan fingerprint density at radius 3 is 2.48 bits per heavy atom. The molecule has 0 aliphatic heterocycles. The first-order chi connectivity index (χ1) is 10.2. The normalized spacial score (nSPS) is 15.3. The average molecular weight is 300 g/mol. The van der Waals surface area contributed by atoms with Gasteiger partial charge in [-0.3, -0.25) is 0 Å². The van der Waals surface area contributed by atoms with Gasteiger partial charge in [-0.2, -0.15) is 0 Å². The first-order valence-electron chi connectivity index (χ1n) is 7.76. The molecule has 0 bridgehead atoms. The molecule has 0 N–H and O–H groups in total. The summed E-state index contributed by atoms with van der Waals surface area (Å²) in [4.78, 5) is 2.22. The molecule has 1 nitrogen and oxygen atoms in total. The number of fused-ring (bicyclic) bond motifs is 1. The highest BCUT2D eigenvalue weighted by molar-refractivity contribution is 6.21. The molecule has 1 aliphatic rings. The Labute approximate surface area is 132 Å². The summed E-state index contributed by atoms with van der Waals surface area (Å²) >= 11 is 6.65. The number of anilines is 1. The first kappa shape index (κ1) is 14.5. The summed E-state index contributed by atoms with van der Waals surface area (Å²) in [6.45, 7) is 0.824.